The van der Waals surface area contributed by atoms with Gasteiger partial charge in [0.2, 0.25) is 0 Å². The van der Waals surface area contributed by atoms with Crippen LogP contribution in [0.5, 0.6) is 0 Å². The molecule has 80 valence electrons. The summed E-state index contributed by atoms with van der Waals surface area (Å²) >= 11 is 0. The van der Waals surface area contributed by atoms with Crippen LogP contribution in [0.15, 0.2) is 48.7 Å². The van der Waals surface area contributed by atoms with Gasteiger partial charge < -0.3 is 5.73 Å². The fraction of sp³-hybridized carbons (Fsp3) is 0. The molecule has 2 N–H and O–H groups in total. The van der Waals surface area contributed by atoms with Gasteiger partial charge >= 0.3 is 0 Å². The minimum Gasteiger partial charge on any atom is -0.399 e. The first-order valence-electron chi connectivity index (χ1n) is 4.13. The number of hydrogen-bond acceptors (Lipinski definition) is 2. The Bertz CT molecular complexity index is 404. The Hall–Kier alpha value is -1.25. The smallest absolute Gasteiger partial charge is 0.0702 e. The highest BCUT2D eigenvalue weighted by molar-refractivity contribution is 5.85. The van der Waals surface area contributed by atoms with E-state index < -0.39 is 0 Å². The number of hydrogen-bond donors (Lipinski definition) is 1. The molecule has 2 rings (SSSR count). The zero-order valence-corrected chi connectivity index (χ0v) is 9.59. The lowest BCUT2D eigenvalue weighted by Gasteiger charge is -2.00. The number of benzene rings is 1. The first kappa shape index (κ1) is 13.8. The number of pyridine rings is 1. The summed E-state index contributed by atoms with van der Waals surface area (Å²) in [4.78, 5) is 4.23. The summed E-state index contributed by atoms with van der Waals surface area (Å²) in [5.74, 6) is 0. The highest BCUT2D eigenvalue weighted by Crippen LogP contribution is 2.18. The number of nitrogens with two attached hydrogens (primary N) is 1. The van der Waals surface area contributed by atoms with Crippen molar-refractivity contribution >= 4 is 30.5 Å². The van der Waals surface area contributed by atoms with E-state index in [2.05, 4.69) is 4.98 Å². The molecular weight excluding hydrogens is 231 g/mol. The summed E-state index contributed by atoms with van der Waals surface area (Å²) in [5, 5.41) is 0. The molecule has 1 heterocycles. The molecule has 2 aromatic rings. The van der Waals surface area contributed by atoms with Crippen molar-refractivity contribution in [3.05, 3.63) is 48.7 Å². The maximum Gasteiger partial charge on any atom is 0.0702 e. The molecule has 0 aliphatic rings. The molecule has 1 aromatic heterocycles. The Morgan fingerprint density at radius 1 is 0.933 bits per heavy atom. The molecule has 0 saturated heterocycles. The molecule has 0 atom stereocenters. The highest BCUT2D eigenvalue weighted by Gasteiger charge is 1.96. The van der Waals surface area contributed by atoms with E-state index in [0.29, 0.717) is 0 Å². The maximum atomic E-state index is 5.67. The third-order valence-corrected chi connectivity index (χ3v) is 1.85. The minimum atomic E-state index is 0. The first-order chi connectivity index (χ1) is 6.36. The predicted molar refractivity (Wildman–Crippen MR) is 68.6 cm³/mol. The van der Waals surface area contributed by atoms with Gasteiger partial charge in [0.1, 0.15) is 0 Å². The lowest BCUT2D eigenvalue weighted by atomic mass is 10.1. The molecule has 1 aromatic carbocycles. The van der Waals surface area contributed by atoms with E-state index in [1.54, 1.807) is 6.20 Å². The third kappa shape index (κ3) is 3.42. The van der Waals surface area contributed by atoms with Gasteiger partial charge in [0, 0.05) is 17.4 Å². The van der Waals surface area contributed by atoms with Crippen LogP contribution in [0.2, 0.25) is 0 Å². The molecule has 0 aliphatic heterocycles. The number of aromatic nitrogens is 1. The molecule has 0 amide bonds. The Morgan fingerprint density at radius 2 is 1.73 bits per heavy atom. The Kier molecular flexibility index (Phi) is 5.75. The van der Waals surface area contributed by atoms with Gasteiger partial charge in [-0.25, -0.2) is 0 Å². The van der Waals surface area contributed by atoms with Crippen LogP contribution in [0.25, 0.3) is 11.3 Å². The average molecular weight is 243 g/mol. The molecule has 0 spiro atoms. The van der Waals surface area contributed by atoms with E-state index in [-0.39, 0.29) is 24.8 Å². The maximum absolute atomic E-state index is 5.67. The zero-order valence-electron chi connectivity index (χ0n) is 7.96. The van der Waals surface area contributed by atoms with Crippen LogP contribution in [-0.2, 0) is 0 Å². The van der Waals surface area contributed by atoms with E-state index in [1.807, 2.05) is 42.5 Å². The van der Waals surface area contributed by atoms with Crippen molar-refractivity contribution < 1.29 is 0 Å². The van der Waals surface area contributed by atoms with E-state index in [0.717, 1.165) is 16.9 Å². The van der Waals surface area contributed by atoms with Crippen molar-refractivity contribution in [1.82, 2.24) is 4.98 Å². The molecule has 0 saturated carbocycles. The van der Waals surface area contributed by atoms with Crippen molar-refractivity contribution in [3.8, 4) is 11.3 Å². The standard InChI is InChI=1S/C11H10N2.2ClH/c12-10-5-3-4-9(8-10)11-6-1-2-7-13-11;;/h1-8H,12H2;2*1H. The van der Waals surface area contributed by atoms with Gasteiger partial charge in [-0.1, -0.05) is 18.2 Å². The molecule has 15 heavy (non-hydrogen) atoms. The van der Waals surface area contributed by atoms with Crippen molar-refractivity contribution in [2.45, 2.75) is 0 Å². The average Bonchev–Trinajstić information content (AvgIpc) is 2.19. The molecule has 0 radical (unpaired) electrons. The Labute approximate surface area is 101 Å². The number of rotatable bonds is 1. The van der Waals surface area contributed by atoms with Crippen molar-refractivity contribution in [1.29, 1.82) is 0 Å². The van der Waals surface area contributed by atoms with Crippen LogP contribution in [0, 0.1) is 0 Å². The van der Waals surface area contributed by atoms with Gasteiger partial charge in [0.15, 0.2) is 0 Å². The van der Waals surface area contributed by atoms with Gasteiger partial charge in [0.25, 0.3) is 0 Å². The number of anilines is 1. The molecule has 0 bridgehead atoms. The lowest BCUT2D eigenvalue weighted by molar-refractivity contribution is 1.33. The van der Waals surface area contributed by atoms with Crippen LogP contribution in [0.1, 0.15) is 0 Å². The lowest BCUT2D eigenvalue weighted by Crippen LogP contribution is -1.86. The van der Waals surface area contributed by atoms with Gasteiger partial charge in [0.05, 0.1) is 5.69 Å². The van der Waals surface area contributed by atoms with Gasteiger partial charge in [-0.05, 0) is 24.3 Å². The minimum absolute atomic E-state index is 0. The van der Waals surface area contributed by atoms with Gasteiger partial charge in [-0.3, -0.25) is 4.98 Å². The quantitative estimate of drug-likeness (QED) is 0.781. The molecule has 2 nitrogen and oxygen atoms in total. The topological polar surface area (TPSA) is 38.9 Å². The van der Waals surface area contributed by atoms with Gasteiger partial charge in [-0.2, -0.15) is 0 Å². The summed E-state index contributed by atoms with van der Waals surface area (Å²) in [5.41, 5.74) is 8.44. The molecule has 0 unspecified atom stereocenters. The van der Waals surface area contributed by atoms with Crippen LogP contribution in [0.4, 0.5) is 5.69 Å². The second-order valence-electron chi connectivity index (χ2n) is 2.84. The van der Waals surface area contributed by atoms with Crippen molar-refractivity contribution in [2.75, 3.05) is 5.73 Å². The van der Waals surface area contributed by atoms with Gasteiger partial charge in [-0.15, -0.1) is 24.8 Å². The molecule has 0 fully saturated rings. The van der Waals surface area contributed by atoms with E-state index in [4.69, 9.17) is 5.73 Å². The van der Waals surface area contributed by atoms with Crippen LogP contribution in [-0.4, -0.2) is 4.98 Å². The summed E-state index contributed by atoms with van der Waals surface area (Å²) in [6.07, 6.45) is 1.78. The largest absolute Gasteiger partial charge is 0.399 e. The number of nitrogens with zero attached hydrogens (tertiary/aromatic N) is 1. The van der Waals surface area contributed by atoms with Crippen molar-refractivity contribution in [2.24, 2.45) is 0 Å². The summed E-state index contributed by atoms with van der Waals surface area (Å²) in [6, 6.07) is 13.5. The number of halogens is 2. The first-order valence-corrected chi connectivity index (χ1v) is 4.13. The normalized spacial score (nSPS) is 8.53. The predicted octanol–water partition coefficient (Wildman–Crippen LogP) is 3.17. The van der Waals surface area contributed by atoms with Crippen molar-refractivity contribution in [3.63, 3.8) is 0 Å². The second-order valence-corrected chi connectivity index (χ2v) is 2.84. The molecule has 4 heteroatoms. The summed E-state index contributed by atoms with van der Waals surface area (Å²) < 4.78 is 0. The summed E-state index contributed by atoms with van der Waals surface area (Å²) in [7, 11) is 0. The highest BCUT2D eigenvalue weighted by atomic mass is 35.5. The fourth-order valence-electron chi connectivity index (χ4n) is 1.23. The zero-order chi connectivity index (χ0) is 9.10. The summed E-state index contributed by atoms with van der Waals surface area (Å²) in [6.45, 7) is 0. The van der Waals surface area contributed by atoms with Crippen LogP contribution < -0.4 is 5.73 Å². The Morgan fingerprint density at radius 3 is 2.33 bits per heavy atom. The van der Waals surface area contributed by atoms with E-state index >= 15 is 0 Å². The van der Waals surface area contributed by atoms with Crippen LogP contribution >= 0.6 is 24.8 Å². The molecular formula is C11H12Cl2N2. The third-order valence-electron chi connectivity index (χ3n) is 1.85. The van der Waals surface area contributed by atoms with Crippen LogP contribution in [0.3, 0.4) is 0 Å². The number of nitrogen functional groups attached to an aromatic ring is 1. The second kappa shape index (κ2) is 6.27. The van der Waals surface area contributed by atoms with E-state index in [1.165, 1.54) is 0 Å². The fourth-order valence-corrected chi connectivity index (χ4v) is 1.23. The monoisotopic (exact) mass is 242 g/mol. The van der Waals surface area contributed by atoms with E-state index in [9.17, 15) is 0 Å². The molecule has 0 aliphatic carbocycles. The SMILES string of the molecule is Cl.Cl.Nc1cccc(-c2ccccn2)c1. The Balaban J connectivity index is 0.000000980.